The molecule has 1 aliphatic rings. The van der Waals surface area contributed by atoms with Crippen molar-refractivity contribution in [1.29, 1.82) is 5.26 Å². The first-order valence-electron chi connectivity index (χ1n) is 8.99. The van der Waals surface area contributed by atoms with Crippen molar-refractivity contribution in [2.24, 2.45) is 0 Å². The molecule has 1 heterocycles. The molecule has 5 nitrogen and oxygen atoms in total. The van der Waals surface area contributed by atoms with Crippen LogP contribution in [0, 0.1) is 11.3 Å². The van der Waals surface area contributed by atoms with Gasteiger partial charge in [0, 0.05) is 0 Å². The molecular weight excluding hydrogens is 372 g/mol. The highest BCUT2D eigenvalue weighted by Gasteiger charge is 2.39. The van der Waals surface area contributed by atoms with Gasteiger partial charge in [0.25, 0.3) is 11.8 Å². The van der Waals surface area contributed by atoms with Crippen molar-refractivity contribution in [2.45, 2.75) is 26.9 Å². The third kappa shape index (κ3) is 3.80. The molecule has 142 valence electrons. The SMILES string of the molecule is CCSC1=C(c2ccc(OC(C)C)cc2)C(=O)N(c2ccc(C#N)cc2)C1=O. The Kier molecular flexibility index (Phi) is 5.86. The third-order valence-corrected chi connectivity index (χ3v) is 5.06. The monoisotopic (exact) mass is 392 g/mol. The average molecular weight is 392 g/mol. The highest BCUT2D eigenvalue weighted by Crippen LogP contribution is 2.38. The zero-order valence-electron chi connectivity index (χ0n) is 15.9. The second-order valence-electron chi connectivity index (χ2n) is 6.43. The fraction of sp³-hybridized carbons (Fsp3) is 0.227. The van der Waals surface area contributed by atoms with Gasteiger partial charge < -0.3 is 4.74 Å². The number of carbonyl (C=O) groups excluding carboxylic acids is 2. The maximum Gasteiger partial charge on any atom is 0.272 e. The van der Waals surface area contributed by atoms with E-state index in [0.29, 0.717) is 38.8 Å². The Morgan fingerprint density at radius 1 is 1.04 bits per heavy atom. The van der Waals surface area contributed by atoms with Crippen molar-refractivity contribution in [3.05, 3.63) is 64.6 Å². The number of rotatable bonds is 6. The van der Waals surface area contributed by atoms with Crippen LogP contribution in [0.1, 0.15) is 31.9 Å². The fourth-order valence-electron chi connectivity index (χ4n) is 2.93. The molecule has 2 aromatic rings. The lowest BCUT2D eigenvalue weighted by Crippen LogP contribution is -2.31. The van der Waals surface area contributed by atoms with E-state index in [4.69, 9.17) is 10.00 Å². The van der Waals surface area contributed by atoms with Crippen LogP contribution in [0.4, 0.5) is 5.69 Å². The van der Waals surface area contributed by atoms with Gasteiger partial charge in [-0.05, 0) is 61.6 Å². The van der Waals surface area contributed by atoms with Gasteiger partial charge in [-0.2, -0.15) is 5.26 Å². The predicted molar refractivity (Wildman–Crippen MR) is 111 cm³/mol. The van der Waals surface area contributed by atoms with Crippen molar-refractivity contribution in [1.82, 2.24) is 0 Å². The Bertz CT molecular complexity index is 970. The molecule has 2 amide bonds. The molecule has 0 bridgehead atoms. The van der Waals surface area contributed by atoms with Crippen molar-refractivity contribution >= 4 is 34.8 Å². The Labute approximate surface area is 168 Å². The molecule has 0 unspecified atom stereocenters. The summed E-state index contributed by atoms with van der Waals surface area (Å²) < 4.78 is 5.66. The molecule has 2 aromatic carbocycles. The van der Waals surface area contributed by atoms with Crippen LogP contribution in [0.2, 0.25) is 0 Å². The summed E-state index contributed by atoms with van der Waals surface area (Å²) in [4.78, 5) is 27.8. The maximum atomic E-state index is 13.2. The van der Waals surface area contributed by atoms with E-state index in [1.807, 2.05) is 26.8 Å². The summed E-state index contributed by atoms with van der Waals surface area (Å²) in [6, 6.07) is 15.7. The largest absolute Gasteiger partial charge is 0.491 e. The second kappa shape index (κ2) is 8.32. The molecule has 0 radical (unpaired) electrons. The van der Waals surface area contributed by atoms with Gasteiger partial charge in [0.05, 0.1) is 33.9 Å². The maximum absolute atomic E-state index is 13.2. The minimum atomic E-state index is -0.358. The number of thioether (sulfide) groups is 1. The number of nitriles is 1. The van der Waals surface area contributed by atoms with Crippen LogP contribution in [0.5, 0.6) is 5.75 Å². The van der Waals surface area contributed by atoms with Crippen molar-refractivity contribution < 1.29 is 14.3 Å². The van der Waals surface area contributed by atoms with Gasteiger partial charge in [-0.1, -0.05) is 19.1 Å². The summed E-state index contributed by atoms with van der Waals surface area (Å²) in [6.45, 7) is 5.83. The number of hydrogen-bond acceptors (Lipinski definition) is 5. The normalized spacial score (nSPS) is 14.0. The first-order valence-corrected chi connectivity index (χ1v) is 9.98. The molecule has 0 spiro atoms. The van der Waals surface area contributed by atoms with Gasteiger partial charge in [-0.25, -0.2) is 4.90 Å². The summed E-state index contributed by atoms with van der Waals surface area (Å²) >= 11 is 1.36. The van der Waals surface area contributed by atoms with E-state index in [-0.39, 0.29) is 17.9 Å². The van der Waals surface area contributed by atoms with E-state index in [0.717, 1.165) is 0 Å². The lowest BCUT2D eigenvalue weighted by atomic mass is 10.1. The highest BCUT2D eigenvalue weighted by atomic mass is 32.2. The smallest absolute Gasteiger partial charge is 0.272 e. The van der Waals surface area contributed by atoms with Gasteiger partial charge in [-0.3, -0.25) is 9.59 Å². The molecule has 0 saturated carbocycles. The Balaban J connectivity index is 1.99. The molecule has 0 aliphatic carbocycles. The van der Waals surface area contributed by atoms with Crippen molar-refractivity contribution in [3.8, 4) is 11.8 Å². The quantitative estimate of drug-likeness (QED) is 0.682. The highest BCUT2D eigenvalue weighted by molar-refractivity contribution is 8.04. The van der Waals surface area contributed by atoms with Gasteiger partial charge >= 0.3 is 0 Å². The number of nitrogens with zero attached hydrogens (tertiary/aromatic N) is 2. The van der Waals surface area contributed by atoms with E-state index < -0.39 is 0 Å². The summed E-state index contributed by atoms with van der Waals surface area (Å²) in [6.07, 6.45) is 0.0536. The summed E-state index contributed by atoms with van der Waals surface area (Å²) in [5, 5.41) is 8.96. The number of ether oxygens (including phenoxy) is 1. The fourth-order valence-corrected chi connectivity index (χ4v) is 3.79. The first kappa shape index (κ1) is 19.7. The molecule has 3 rings (SSSR count). The summed E-state index contributed by atoms with van der Waals surface area (Å²) in [5.74, 6) is 0.695. The third-order valence-electron chi connectivity index (χ3n) is 4.10. The molecule has 0 aromatic heterocycles. The molecule has 0 atom stereocenters. The van der Waals surface area contributed by atoms with Crippen LogP contribution in [-0.2, 0) is 9.59 Å². The van der Waals surface area contributed by atoms with Crippen molar-refractivity contribution in [3.63, 3.8) is 0 Å². The summed E-state index contributed by atoms with van der Waals surface area (Å²) in [7, 11) is 0. The molecule has 1 aliphatic heterocycles. The number of amides is 2. The van der Waals surface area contributed by atoms with Crippen LogP contribution >= 0.6 is 11.8 Å². The Morgan fingerprint density at radius 2 is 1.68 bits per heavy atom. The standard InChI is InChI=1S/C22H20N2O3S/c1-4-28-20-19(16-7-11-18(12-8-16)27-14(2)3)21(25)24(22(20)26)17-9-5-15(13-23)6-10-17/h5-12,14H,4H2,1-3H3. The van der Waals surface area contributed by atoms with Crippen LogP contribution in [-0.4, -0.2) is 23.7 Å². The van der Waals surface area contributed by atoms with Crippen LogP contribution in [0.3, 0.4) is 0 Å². The second-order valence-corrected chi connectivity index (χ2v) is 7.71. The van der Waals surface area contributed by atoms with Gasteiger partial charge in [0.1, 0.15) is 5.75 Å². The lowest BCUT2D eigenvalue weighted by Gasteiger charge is -2.15. The average Bonchev–Trinajstić information content (AvgIpc) is 2.92. The van der Waals surface area contributed by atoms with Gasteiger partial charge in [0.2, 0.25) is 0 Å². The van der Waals surface area contributed by atoms with E-state index in [1.54, 1.807) is 48.5 Å². The van der Waals surface area contributed by atoms with E-state index in [1.165, 1.54) is 16.7 Å². The zero-order valence-corrected chi connectivity index (χ0v) is 16.7. The number of hydrogen-bond donors (Lipinski definition) is 0. The molecule has 0 fully saturated rings. The topological polar surface area (TPSA) is 70.4 Å². The number of benzene rings is 2. The van der Waals surface area contributed by atoms with Crippen molar-refractivity contribution in [2.75, 3.05) is 10.7 Å². The van der Waals surface area contributed by atoms with E-state index >= 15 is 0 Å². The van der Waals surface area contributed by atoms with E-state index in [2.05, 4.69) is 0 Å². The predicted octanol–water partition coefficient (Wildman–Crippen LogP) is 4.38. The van der Waals surface area contributed by atoms with Crippen LogP contribution in [0.15, 0.2) is 53.4 Å². The molecule has 6 heteroatoms. The van der Waals surface area contributed by atoms with Crippen LogP contribution in [0.25, 0.3) is 5.57 Å². The van der Waals surface area contributed by atoms with E-state index in [9.17, 15) is 9.59 Å². The first-order chi connectivity index (χ1) is 13.5. The van der Waals surface area contributed by atoms with Crippen LogP contribution < -0.4 is 9.64 Å². The molecule has 0 saturated heterocycles. The van der Waals surface area contributed by atoms with Gasteiger partial charge in [-0.15, -0.1) is 11.8 Å². The summed E-state index contributed by atoms with van der Waals surface area (Å²) in [5.41, 5.74) is 2.01. The molecule has 28 heavy (non-hydrogen) atoms. The molecular formula is C22H20N2O3S. The number of imide groups is 1. The number of anilines is 1. The Morgan fingerprint density at radius 3 is 2.21 bits per heavy atom. The zero-order chi connectivity index (χ0) is 20.3. The minimum Gasteiger partial charge on any atom is -0.491 e. The number of carbonyl (C=O) groups is 2. The lowest BCUT2D eigenvalue weighted by molar-refractivity contribution is -0.119. The molecule has 0 N–H and O–H groups in total. The Hall–Kier alpha value is -3.04. The minimum absolute atomic E-state index is 0.0536. The van der Waals surface area contributed by atoms with Gasteiger partial charge in [0.15, 0.2) is 0 Å².